The Hall–Kier alpha value is -1.60. The first-order chi connectivity index (χ1) is 7.66. The predicted molar refractivity (Wildman–Crippen MR) is 58.0 cm³/mol. The first-order valence-corrected chi connectivity index (χ1v) is 4.94. The zero-order valence-electron chi connectivity index (χ0n) is 9.12. The number of ether oxygens (including phenoxy) is 1. The van der Waals surface area contributed by atoms with Gasteiger partial charge >= 0.3 is 0 Å². The van der Waals surface area contributed by atoms with Gasteiger partial charge in [-0.05, 0) is 6.92 Å². The third-order valence-corrected chi connectivity index (χ3v) is 1.98. The van der Waals surface area contributed by atoms with Crippen LogP contribution in [0.15, 0.2) is 0 Å². The van der Waals surface area contributed by atoms with Crippen molar-refractivity contribution in [2.45, 2.75) is 6.92 Å². The van der Waals surface area contributed by atoms with Gasteiger partial charge in [0.15, 0.2) is 5.69 Å². The summed E-state index contributed by atoms with van der Waals surface area (Å²) in [5, 5.41) is 17.5. The average molecular weight is 228 g/mol. The lowest BCUT2D eigenvalue weighted by Crippen LogP contribution is -2.28. The van der Waals surface area contributed by atoms with Gasteiger partial charge in [0.2, 0.25) is 0 Å². The highest BCUT2D eigenvalue weighted by Gasteiger charge is 2.14. The zero-order valence-corrected chi connectivity index (χ0v) is 9.12. The molecular weight excluding hydrogens is 212 g/mol. The Bertz CT molecular complexity index is 351. The molecule has 0 radical (unpaired) electrons. The zero-order chi connectivity index (χ0) is 12.0. The summed E-state index contributed by atoms with van der Waals surface area (Å²) in [5.74, 6) is -0.338. The molecule has 5 N–H and O–H groups in total. The van der Waals surface area contributed by atoms with Crippen LogP contribution in [0.3, 0.4) is 0 Å². The van der Waals surface area contributed by atoms with Gasteiger partial charge in [-0.1, -0.05) is 0 Å². The molecule has 0 unspecified atom stereocenters. The molecule has 7 nitrogen and oxygen atoms in total. The van der Waals surface area contributed by atoms with E-state index in [0.29, 0.717) is 24.5 Å². The number of rotatable bonds is 6. The lowest BCUT2D eigenvalue weighted by molar-refractivity contribution is 0.0835. The summed E-state index contributed by atoms with van der Waals surface area (Å²) < 4.78 is 4.98. The van der Waals surface area contributed by atoms with E-state index in [2.05, 4.69) is 15.5 Å². The number of anilines is 1. The van der Waals surface area contributed by atoms with Crippen LogP contribution < -0.4 is 11.1 Å². The van der Waals surface area contributed by atoms with E-state index in [1.165, 1.54) is 0 Å². The minimum atomic E-state index is -0.338. The van der Waals surface area contributed by atoms with Crippen LogP contribution >= 0.6 is 0 Å². The number of carbonyl (C=O) groups excluding carboxylic acids is 1. The number of hydrogen-bond acceptors (Lipinski definition) is 5. The highest BCUT2D eigenvalue weighted by Crippen LogP contribution is 2.11. The second-order valence-corrected chi connectivity index (χ2v) is 3.20. The van der Waals surface area contributed by atoms with E-state index >= 15 is 0 Å². The minimum absolute atomic E-state index is 0.0283. The number of H-pyrrole nitrogens is 1. The number of nitrogens with zero attached hydrogens (tertiary/aromatic N) is 1. The van der Waals surface area contributed by atoms with E-state index in [-0.39, 0.29) is 24.8 Å². The molecule has 7 heteroatoms. The molecule has 0 aliphatic carbocycles. The molecule has 0 aliphatic rings. The number of aliphatic hydroxyl groups is 1. The molecule has 1 aromatic heterocycles. The number of aromatic nitrogens is 2. The van der Waals surface area contributed by atoms with Crippen molar-refractivity contribution in [2.75, 3.05) is 32.1 Å². The molecule has 1 heterocycles. The Labute approximate surface area is 93.0 Å². The van der Waals surface area contributed by atoms with Crippen molar-refractivity contribution in [3.8, 4) is 0 Å². The molecule has 1 rings (SSSR count). The first kappa shape index (κ1) is 12.5. The third kappa shape index (κ3) is 3.21. The van der Waals surface area contributed by atoms with Crippen LogP contribution in [0.5, 0.6) is 0 Å². The van der Waals surface area contributed by atoms with Gasteiger partial charge in [-0.2, -0.15) is 5.10 Å². The maximum absolute atomic E-state index is 11.5. The van der Waals surface area contributed by atoms with Crippen LogP contribution in [0.2, 0.25) is 0 Å². The van der Waals surface area contributed by atoms with E-state index in [4.69, 9.17) is 15.6 Å². The molecule has 0 spiro atoms. The molecule has 0 saturated carbocycles. The van der Waals surface area contributed by atoms with Crippen LogP contribution in [0.4, 0.5) is 5.69 Å². The molecular formula is C9H16N4O3. The number of aromatic amines is 1. The van der Waals surface area contributed by atoms with Crippen molar-refractivity contribution >= 4 is 11.6 Å². The van der Waals surface area contributed by atoms with E-state index in [9.17, 15) is 4.79 Å². The summed E-state index contributed by atoms with van der Waals surface area (Å²) >= 11 is 0. The van der Waals surface area contributed by atoms with Gasteiger partial charge in [-0.3, -0.25) is 9.89 Å². The normalized spacial score (nSPS) is 10.4. The topological polar surface area (TPSA) is 113 Å². The van der Waals surface area contributed by atoms with Crippen LogP contribution in [-0.4, -0.2) is 47.6 Å². The van der Waals surface area contributed by atoms with Crippen molar-refractivity contribution in [1.29, 1.82) is 0 Å². The summed E-state index contributed by atoms with van der Waals surface area (Å²) in [4.78, 5) is 11.5. The number of amides is 1. The maximum atomic E-state index is 11.5. The van der Waals surface area contributed by atoms with Crippen molar-refractivity contribution < 1.29 is 14.6 Å². The molecule has 1 amide bonds. The SMILES string of the molecule is Cc1[nH]nc(C(=O)NCCOCCO)c1N. The third-order valence-electron chi connectivity index (χ3n) is 1.98. The minimum Gasteiger partial charge on any atom is -0.395 e. The molecule has 0 bridgehead atoms. The quantitative estimate of drug-likeness (QED) is 0.468. The van der Waals surface area contributed by atoms with Crippen LogP contribution in [0.1, 0.15) is 16.2 Å². The van der Waals surface area contributed by atoms with Crippen molar-refractivity contribution in [3.05, 3.63) is 11.4 Å². The van der Waals surface area contributed by atoms with E-state index < -0.39 is 0 Å². The number of aliphatic hydroxyl groups excluding tert-OH is 1. The van der Waals surface area contributed by atoms with Crippen molar-refractivity contribution in [3.63, 3.8) is 0 Å². The van der Waals surface area contributed by atoms with Crippen LogP contribution in [0, 0.1) is 6.92 Å². The van der Waals surface area contributed by atoms with E-state index in [0.717, 1.165) is 0 Å². The van der Waals surface area contributed by atoms with Gasteiger partial charge in [0.25, 0.3) is 5.91 Å². The smallest absolute Gasteiger partial charge is 0.274 e. The van der Waals surface area contributed by atoms with Crippen molar-refractivity contribution in [2.24, 2.45) is 0 Å². The summed E-state index contributed by atoms with van der Waals surface area (Å²) in [5.41, 5.74) is 6.85. The number of nitrogens with one attached hydrogen (secondary N) is 2. The predicted octanol–water partition coefficient (Wildman–Crippen LogP) is -0.961. The molecule has 0 aromatic carbocycles. The molecule has 16 heavy (non-hydrogen) atoms. The molecule has 0 fully saturated rings. The van der Waals surface area contributed by atoms with Gasteiger partial charge in [-0.15, -0.1) is 0 Å². The average Bonchev–Trinajstić information content (AvgIpc) is 2.59. The highest BCUT2D eigenvalue weighted by atomic mass is 16.5. The number of hydrogen-bond donors (Lipinski definition) is 4. The Morgan fingerprint density at radius 3 is 2.94 bits per heavy atom. The van der Waals surface area contributed by atoms with Crippen LogP contribution in [0.25, 0.3) is 0 Å². The van der Waals surface area contributed by atoms with Crippen LogP contribution in [-0.2, 0) is 4.74 Å². The summed E-state index contributed by atoms with van der Waals surface area (Å²) in [7, 11) is 0. The number of nitrogens with two attached hydrogens (primary N) is 1. The van der Waals surface area contributed by atoms with Gasteiger partial charge in [-0.25, -0.2) is 0 Å². The maximum Gasteiger partial charge on any atom is 0.274 e. The molecule has 1 aromatic rings. The first-order valence-electron chi connectivity index (χ1n) is 4.94. The number of carbonyl (C=O) groups is 1. The van der Waals surface area contributed by atoms with Crippen molar-refractivity contribution in [1.82, 2.24) is 15.5 Å². The second kappa shape index (κ2) is 6.09. The molecule has 0 aliphatic heterocycles. The highest BCUT2D eigenvalue weighted by molar-refractivity contribution is 5.97. The fraction of sp³-hybridized carbons (Fsp3) is 0.556. The fourth-order valence-electron chi connectivity index (χ4n) is 1.10. The molecule has 0 saturated heterocycles. The largest absolute Gasteiger partial charge is 0.395 e. The summed E-state index contributed by atoms with van der Waals surface area (Å²) in [6.07, 6.45) is 0. The van der Waals surface area contributed by atoms with Gasteiger partial charge in [0.1, 0.15) is 0 Å². The number of nitrogen functional groups attached to an aromatic ring is 1. The number of aryl methyl sites for hydroxylation is 1. The Balaban J connectivity index is 2.33. The lowest BCUT2D eigenvalue weighted by Gasteiger charge is -2.04. The molecule has 0 atom stereocenters. The Kier molecular flexibility index (Phi) is 4.74. The van der Waals surface area contributed by atoms with Gasteiger partial charge < -0.3 is 20.9 Å². The fourth-order valence-corrected chi connectivity index (χ4v) is 1.10. The molecule has 90 valence electrons. The Morgan fingerprint density at radius 1 is 1.62 bits per heavy atom. The van der Waals surface area contributed by atoms with Gasteiger partial charge in [0, 0.05) is 6.54 Å². The second-order valence-electron chi connectivity index (χ2n) is 3.20. The van der Waals surface area contributed by atoms with E-state index in [1.807, 2.05) is 0 Å². The summed E-state index contributed by atoms with van der Waals surface area (Å²) in [6, 6.07) is 0. The Morgan fingerprint density at radius 2 is 2.38 bits per heavy atom. The van der Waals surface area contributed by atoms with E-state index in [1.54, 1.807) is 6.92 Å². The monoisotopic (exact) mass is 228 g/mol. The lowest BCUT2D eigenvalue weighted by atomic mass is 10.3. The van der Waals surface area contributed by atoms with Gasteiger partial charge in [0.05, 0.1) is 31.2 Å². The summed E-state index contributed by atoms with van der Waals surface area (Å²) in [6.45, 7) is 2.67. The standard InChI is InChI=1S/C9H16N4O3/c1-6-7(10)8(13-12-6)9(15)11-2-4-16-5-3-14/h14H,2-5,10H2,1H3,(H,11,15)(H,12,13).